The summed E-state index contributed by atoms with van der Waals surface area (Å²) in [7, 11) is 0. The highest BCUT2D eigenvalue weighted by Gasteiger charge is 2.27. The predicted octanol–water partition coefficient (Wildman–Crippen LogP) is 5.64. The number of halogens is 8. The zero-order valence-electron chi connectivity index (χ0n) is 13.7. The van der Waals surface area contributed by atoms with Crippen molar-refractivity contribution in [3.05, 3.63) is 70.8 Å². The van der Waals surface area contributed by atoms with E-state index in [0.29, 0.717) is 0 Å². The molecule has 0 amide bonds. The van der Waals surface area contributed by atoms with Crippen LogP contribution in [0.2, 0.25) is 0 Å². The second-order valence-corrected chi connectivity index (χ2v) is 5.82. The number of anilines is 2. The summed E-state index contributed by atoms with van der Waals surface area (Å²) < 4.78 is 111. The summed E-state index contributed by atoms with van der Waals surface area (Å²) in [6, 6.07) is 4.10. The summed E-state index contributed by atoms with van der Waals surface area (Å²) in [4.78, 5) is 6.50. The Balaban J connectivity index is 2.03. The van der Waals surface area contributed by atoms with Gasteiger partial charge in [0.25, 0.3) is 0 Å². The first kappa shape index (κ1) is 18.8. The van der Waals surface area contributed by atoms with Crippen molar-refractivity contribution >= 4 is 33.4 Å². The summed E-state index contributed by atoms with van der Waals surface area (Å²) in [5.74, 6) is -14.3. The minimum atomic E-state index is -2.24. The van der Waals surface area contributed by atoms with E-state index < -0.39 is 74.3 Å². The number of fused-ring (bicyclic) bond motifs is 2. The Bertz CT molecular complexity index is 1310. The highest BCUT2D eigenvalue weighted by molar-refractivity contribution is 5.90. The molecule has 1 heterocycles. The van der Waals surface area contributed by atoms with Crippen LogP contribution in [0.3, 0.4) is 0 Å². The van der Waals surface area contributed by atoms with E-state index in [1.54, 1.807) is 0 Å². The first-order valence-electron chi connectivity index (χ1n) is 7.73. The van der Waals surface area contributed by atoms with Crippen molar-refractivity contribution in [2.45, 2.75) is 0 Å². The third-order valence-electron chi connectivity index (χ3n) is 4.05. The molecule has 0 saturated carbocycles. The van der Waals surface area contributed by atoms with Crippen molar-refractivity contribution in [1.82, 2.24) is 9.97 Å². The normalized spacial score (nSPS) is 11.4. The van der Waals surface area contributed by atoms with Gasteiger partial charge >= 0.3 is 0 Å². The Morgan fingerprint density at radius 1 is 0.483 bits per heavy atom. The van der Waals surface area contributed by atoms with E-state index in [1.165, 1.54) is 0 Å². The second kappa shape index (κ2) is 6.54. The molecule has 0 saturated heterocycles. The number of nitrogens with zero attached hydrogens (tertiary/aromatic N) is 2. The fourth-order valence-corrected chi connectivity index (χ4v) is 2.66. The van der Waals surface area contributed by atoms with E-state index in [-0.39, 0.29) is 5.69 Å². The van der Waals surface area contributed by atoms with E-state index >= 15 is 0 Å². The van der Waals surface area contributed by atoms with Crippen LogP contribution < -0.4 is 5.32 Å². The molecule has 11 heteroatoms. The van der Waals surface area contributed by atoms with Gasteiger partial charge in [-0.2, -0.15) is 0 Å². The van der Waals surface area contributed by atoms with Crippen LogP contribution in [-0.2, 0) is 0 Å². The molecule has 4 rings (SSSR count). The minimum absolute atomic E-state index is 0.0398. The lowest BCUT2D eigenvalue weighted by Gasteiger charge is -2.12. The molecule has 0 bridgehead atoms. The van der Waals surface area contributed by atoms with Crippen LogP contribution in [0.1, 0.15) is 0 Å². The molecular weight excluding hydrogens is 410 g/mol. The summed E-state index contributed by atoms with van der Waals surface area (Å²) in [5.41, 5.74) is -5.81. The van der Waals surface area contributed by atoms with Crippen LogP contribution in [0.4, 0.5) is 46.5 Å². The maximum Gasteiger partial charge on any atom is 0.199 e. The summed E-state index contributed by atoms with van der Waals surface area (Å²) in [6.07, 6.45) is 0. The highest BCUT2D eigenvalue weighted by Crippen LogP contribution is 2.34. The lowest BCUT2D eigenvalue weighted by atomic mass is 10.2. The maximum atomic E-state index is 14.8. The Labute approximate surface area is 155 Å². The van der Waals surface area contributed by atoms with Gasteiger partial charge in [0, 0.05) is 5.69 Å². The number of nitrogens with one attached hydrogen (secondary N) is 1. The lowest BCUT2D eigenvalue weighted by molar-refractivity contribution is 0.416. The van der Waals surface area contributed by atoms with Crippen LogP contribution in [0, 0.1) is 46.5 Å². The SMILES string of the molecule is Fc1ccc(Nc2c(F)c(F)c3nc4c(F)c(F)c(F)c(F)c4nc3c2F)cc1. The van der Waals surface area contributed by atoms with Gasteiger partial charge in [0.2, 0.25) is 0 Å². The molecular formula is C18H5F8N3. The number of benzene rings is 3. The molecule has 29 heavy (non-hydrogen) atoms. The molecule has 4 aromatic rings. The van der Waals surface area contributed by atoms with Crippen molar-refractivity contribution in [2.75, 3.05) is 5.32 Å². The van der Waals surface area contributed by atoms with Gasteiger partial charge in [-0.15, -0.1) is 0 Å². The largest absolute Gasteiger partial charge is 0.351 e. The zero-order valence-corrected chi connectivity index (χ0v) is 13.7. The Morgan fingerprint density at radius 3 is 1.38 bits per heavy atom. The highest BCUT2D eigenvalue weighted by atomic mass is 19.2. The van der Waals surface area contributed by atoms with Gasteiger partial charge < -0.3 is 5.32 Å². The Morgan fingerprint density at radius 2 is 0.897 bits per heavy atom. The average molecular weight is 415 g/mol. The van der Waals surface area contributed by atoms with Crippen LogP contribution in [-0.4, -0.2) is 9.97 Å². The molecule has 0 aliphatic rings. The van der Waals surface area contributed by atoms with Gasteiger partial charge in [-0.25, -0.2) is 45.1 Å². The maximum absolute atomic E-state index is 14.8. The van der Waals surface area contributed by atoms with Crippen molar-refractivity contribution in [1.29, 1.82) is 0 Å². The van der Waals surface area contributed by atoms with Crippen LogP contribution in [0.5, 0.6) is 0 Å². The van der Waals surface area contributed by atoms with E-state index in [1.807, 2.05) is 0 Å². The summed E-state index contributed by atoms with van der Waals surface area (Å²) >= 11 is 0. The molecule has 0 radical (unpaired) electrons. The summed E-state index contributed by atoms with van der Waals surface area (Å²) in [6.45, 7) is 0. The first-order chi connectivity index (χ1) is 13.7. The Hall–Kier alpha value is -3.50. The monoisotopic (exact) mass is 415 g/mol. The Kier molecular flexibility index (Phi) is 4.25. The average Bonchev–Trinajstić information content (AvgIpc) is 2.72. The van der Waals surface area contributed by atoms with Crippen molar-refractivity contribution in [3.63, 3.8) is 0 Å². The van der Waals surface area contributed by atoms with Gasteiger partial charge in [-0.3, -0.25) is 0 Å². The van der Waals surface area contributed by atoms with E-state index in [4.69, 9.17) is 0 Å². The van der Waals surface area contributed by atoms with E-state index in [0.717, 1.165) is 24.3 Å². The van der Waals surface area contributed by atoms with Crippen LogP contribution in [0.15, 0.2) is 24.3 Å². The number of aromatic nitrogens is 2. The van der Waals surface area contributed by atoms with Gasteiger partial charge in [0.1, 0.15) is 33.6 Å². The smallest absolute Gasteiger partial charge is 0.199 e. The quantitative estimate of drug-likeness (QED) is 0.199. The molecule has 0 aliphatic heterocycles. The topological polar surface area (TPSA) is 37.8 Å². The summed E-state index contributed by atoms with van der Waals surface area (Å²) in [5, 5.41) is 2.17. The van der Waals surface area contributed by atoms with Gasteiger partial charge in [-0.1, -0.05) is 0 Å². The van der Waals surface area contributed by atoms with E-state index in [9.17, 15) is 35.1 Å². The molecule has 1 N–H and O–H groups in total. The molecule has 0 unspecified atom stereocenters. The molecule has 0 spiro atoms. The lowest BCUT2D eigenvalue weighted by Crippen LogP contribution is -2.07. The van der Waals surface area contributed by atoms with Crippen molar-refractivity contribution in [3.8, 4) is 0 Å². The van der Waals surface area contributed by atoms with Crippen LogP contribution in [0.25, 0.3) is 22.1 Å². The fourth-order valence-electron chi connectivity index (χ4n) is 2.66. The van der Waals surface area contributed by atoms with Gasteiger partial charge in [0.05, 0.1) is 0 Å². The standard InChI is InChI=1S/C18H5F8N3/c19-5-1-3-6(4-2-5)27-14-11(24)12(25)17-18(13(14)26)29-16-10(23)8(21)7(20)9(22)15(16)28-17/h1-4,27H. The minimum Gasteiger partial charge on any atom is -0.351 e. The molecule has 3 aromatic carbocycles. The first-order valence-corrected chi connectivity index (χ1v) is 7.73. The van der Waals surface area contributed by atoms with E-state index in [2.05, 4.69) is 15.3 Å². The molecule has 1 aromatic heterocycles. The third-order valence-corrected chi connectivity index (χ3v) is 4.05. The van der Waals surface area contributed by atoms with Crippen LogP contribution >= 0.6 is 0 Å². The number of hydrogen-bond donors (Lipinski definition) is 1. The molecule has 0 aliphatic carbocycles. The number of hydrogen-bond acceptors (Lipinski definition) is 3. The number of rotatable bonds is 2. The third kappa shape index (κ3) is 2.80. The van der Waals surface area contributed by atoms with Gasteiger partial charge in [0.15, 0.2) is 40.7 Å². The molecule has 148 valence electrons. The molecule has 3 nitrogen and oxygen atoms in total. The van der Waals surface area contributed by atoms with Gasteiger partial charge in [-0.05, 0) is 24.3 Å². The molecule has 0 fully saturated rings. The van der Waals surface area contributed by atoms with Crippen molar-refractivity contribution < 1.29 is 35.1 Å². The molecule has 0 atom stereocenters. The predicted molar refractivity (Wildman–Crippen MR) is 86.4 cm³/mol. The second-order valence-electron chi connectivity index (χ2n) is 5.82. The zero-order chi connectivity index (χ0) is 21.0. The fraction of sp³-hybridized carbons (Fsp3) is 0. The van der Waals surface area contributed by atoms with Crippen molar-refractivity contribution in [2.24, 2.45) is 0 Å².